The fourth-order valence-corrected chi connectivity index (χ4v) is 6.76. The van der Waals surface area contributed by atoms with Gasteiger partial charge in [-0.25, -0.2) is 24.9 Å². The number of rotatable bonds is 1. The second-order valence-corrected chi connectivity index (χ2v) is 11.7. The van der Waals surface area contributed by atoms with Crippen molar-refractivity contribution in [1.82, 2.24) is 34.9 Å². The number of H-pyrrole nitrogens is 2. The molecular weight excluding hydrogens is 582 g/mol. The van der Waals surface area contributed by atoms with Crippen LogP contribution in [0.15, 0.2) is 121 Å². The Kier molecular flexibility index (Phi) is 5.27. The molecule has 8 bridgehead atoms. The molecule has 0 fully saturated rings. The zero-order valence-corrected chi connectivity index (χ0v) is 24.7. The molecule has 3 aromatic heterocycles. The second kappa shape index (κ2) is 9.66. The van der Waals surface area contributed by atoms with Crippen LogP contribution in [0.5, 0.6) is 5.75 Å². The first-order valence-electron chi connectivity index (χ1n) is 15.3. The van der Waals surface area contributed by atoms with Gasteiger partial charge in [0.2, 0.25) is 0 Å². The highest BCUT2D eigenvalue weighted by molar-refractivity contribution is 6.13. The standard InChI is InChI=1S/C39H23N7O/c47-22-19-17-21(18-20-22)31-32-23-9-1-3-11-25(23)34(40-32)42-36-27-13-5-7-15-29(27)38(44-36)46-39-30-16-8-6-14-28(30)37(45-39)43-35-26-12-4-2-10-24(26)33(31)41-35/h1-20,47H,(H2,40,41,42,43,44,45,46). The molecule has 8 nitrogen and oxygen atoms in total. The second-order valence-electron chi connectivity index (χ2n) is 11.7. The van der Waals surface area contributed by atoms with Gasteiger partial charge in [0.1, 0.15) is 22.7 Å². The van der Waals surface area contributed by atoms with E-state index in [-0.39, 0.29) is 5.75 Å². The highest BCUT2D eigenvalue weighted by Crippen LogP contribution is 2.44. The Morgan fingerprint density at radius 3 is 1.45 bits per heavy atom. The largest absolute Gasteiger partial charge is 0.508 e. The Morgan fingerprint density at radius 1 is 0.404 bits per heavy atom. The van der Waals surface area contributed by atoms with E-state index in [4.69, 9.17) is 24.9 Å². The third kappa shape index (κ3) is 3.85. The van der Waals surface area contributed by atoms with Crippen LogP contribution in [0, 0.1) is 0 Å². The van der Waals surface area contributed by atoms with Gasteiger partial charge in [-0.15, -0.1) is 0 Å². The van der Waals surface area contributed by atoms with Gasteiger partial charge in [0.05, 0.1) is 11.2 Å². The van der Waals surface area contributed by atoms with Crippen LogP contribution in [0.1, 0.15) is 0 Å². The molecule has 10 rings (SSSR count). The van der Waals surface area contributed by atoms with Gasteiger partial charge < -0.3 is 15.1 Å². The first kappa shape index (κ1) is 25.6. The summed E-state index contributed by atoms with van der Waals surface area (Å²) < 4.78 is 0. The van der Waals surface area contributed by atoms with Gasteiger partial charge in [-0.05, 0) is 17.7 Å². The van der Waals surface area contributed by atoms with E-state index >= 15 is 0 Å². The summed E-state index contributed by atoms with van der Waals surface area (Å²) in [6.07, 6.45) is 0. The van der Waals surface area contributed by atoms with Crippen molar-refractivity contribution in [3.8, 4) is 62.3 Å². The summed E-state index contributed by atoms with van der Waals surface area (Å²) in [5.74, 6) is 1.95. The lowest BCUT2D eigenvalue weighted by molar-refractivity contribution is 0.475. The molecule has 0 spiro atoms. The Hall–Kier alpha value is -6.67. The Morgan fingerprint density at radius 2 is 0.851 bits per heavy atom. The number of benzene rings is 5. The quantitative estimate of drug-likeness (QED) is 0.172. The lowest BCUT2D eigenvalue weighted by atomic mass is 9.97. The van der Waals surface area contributed by atoms with Gasteiger partial charge in [0, 0.05) is 49.4 Å². The molecule has 3 N–H and O–H groups in total. The smallest absolute Gasteiger partial charge is 0.164 e. The fraction of sp³-hybridized carbons (Fsp3) is 0. The van der Waals surface area contributed by atoms with Crippen molar-refractivity contribution < 1.29 is 5.11 Å². The van der Waals surface area contributed by atoms with E-state index in [1.165, 1.54) is 0 Å². The zero-order chi connectivity index (χ0) is 31.1. The molecule has 0 aliphatic carbocycles. The molecule has 0 atom stereocenters. The summed E-state index contributed by atoms with van der Waals surface area (Å²) in [7, 11) is 0. The number of phenolic OH excluding ortho intramolecular Hbond substituents is 1. The normalized spacial score (nSPS) is 11.9. The maximum atomic E-state index is 10.2. The van der Waals surface area contributed by atoms with Gasteiger partial charge in [-0.1, -0.05) is 109 Å². The van der Waals surface area contributed by atoms with Crippen LogP contribution in [-0.2, 0) is 0 Å². The molecule has 0 saturated heterocycles. The van der Waals surface area contributed by atoms with Crippen LogP contribution < -0.4 is 0 Å². The average molecular weight is 606 g/mol. The maximum absolute atomic E-state index is 10.2. The first-order valence-corrected chi connectivity index (χ1v) is 15.3. The van der Waals surface area contributed by atoms with Crippen molar-refractivity contribution in [1.29, 1.82) is 0 Å². The molecule has 0 radical (unpaired) electrons. The molecule has 0 saturated carbocycles. The minimum Gasteiger partial charge on any atom is -0.508 e. The van der Waals surface area contributed by atoms with Crippen LogP contribution in [0.2, 0.25) is 0 Å². The first-order chi connectivity index (χ1) is 23.2. The molecule has 8 aromatic rings. The van der Waals surface area contributed by atoms with E-state index in [0.717, 1.165) is 66.1 Å². The third-order valence-corrected chi connectivity index (χ3v) is 8.93. The van der Waals surface area contributed by atoms with Gasteiger partial charge in [-0.2, -0.15) is 0 Å². The summed E-state index contributed by atoms with van der Waals surface area (Å²) in [5, 5.41) is 14.1. The molecule has 0 amide bonds. The van der Waals surface area contributed by atoms with Crippen molar-refractivity contribution in [2.45, 2.75) is 0 Å². The zero-order valence-electron chi connectivity index (χ0n) is 24.7. The Balaban J connectivity index is 1.47. The molecule has 220 valence electrons. The van der Waals surface area contributed by atoms with Crippen molar-refractivity contribution >= 4 is 44.0 Å². The third-order valence-electron chi connectivity index (χ3n) is 8.93. The molecule has 2 aliphatic rings. The van der Waals surface area contributed by atoms with E-state index in [1.807, 2.05) is 84.9 Å². The molecule has 5 heterocycles. The number of nitrogens with zero attached hydrogens (tertiary/aromatic N) is 5. The van der Waals surface area contributed by atoms with Gasteiger partial charge in [0.25, 0.3) is 0 Å². The lowest BCUT2D eigenvalue weighted by Gasteiger charge is -2.07. The summed E-state index contributed by atoms with van der Waals surface area (Å²) >= 11 is 0. The van der Waals surface area contributed by atoms with E-state index in [1.54, 1.807) is 12.1 Å². The highest BCUT2D eigenvalue weighted by Gasteiger charge is 2.24. The topological polar surface area (TPSA) is 116 Å². The molecule has 47 heavy (non-hydrogen) atoms. The van der Waals surface area contributed by atoms with Gasteiger partial charge in [-0.3, -0.25) is 0 Å². The number of aromatic hydroxyl groups is 1. The minimum absolute atomic E-state index is 0.190. The van der Waals surface area contributed by atoms with Crippen LogP contribution >= 0.6 is 0 Å². The number of hydrogen-bond donors (Lipinski definition) is 3. The number of fused-ring (bicyclic) bond motifs is 20. The number of nitrogens with one attached hydrogen (secondary N) is 2. The Labute approximate surface area is 267 Å². The van der Waals surface area contributed by atoms with Crippen LogP contribution in [0.4, 0.5) is 0 Å². The van der Waals surface area contributed by atoms with Crippen molar-refractivity contribution in [3.05, 3.63) is 121 Å². The summed E-state index contributed by atoms with van der Waals surface area (Å²) in [6.45, 7) is 0. The number of hydrogen-bond acceptors (Lipinski definition) is 6. The van der Waals surface area contributed by atoms with Crippen LogP contribution in [0.25, 0.3) is 101 Å². The van der Waals surface area contributed by atoms with E-state index in [2.05, 4.69) is 34.2 Å². The van der Waals surface area contributed by atoms with E-state index in [0.29, 0.717) is 34.4 Å². The average Bonchev–Trinajstić information content (AvgIpc) is 3.85. The van der Waals surface area contributed by atoms with Crippen molar-refractivity contribution in [2.75, 3.05) is 0 Å². The Bertz CT molecular complexity index is 2760. The summed E-state index contributed by atoms with van der Waals surface area (Å²) in [6, 6.07) is 39.7. The van der Waals surface area contributed by atoms with Crippen LogP contribution in [-0.4, -0.2) is 40.0 Å². The monoisotopic (exact) mass is 605 g/mol. The lowest BCUT2D eigenvalue weighted by Crippen LogP contribution is -1.86. The predicted molar refractivity (Wildman–Crippen MR) is 185 cm³/mol. The molecular formula is C39H23N7O. The number of aromatic nitrogens is 7. The molecule has 2 aliphatic heterocycles. The number of aromatic amines is 2. The van der Waals surface area contributed by atoms with E-state index in [9.17, 15) is 5.11 Å². The maximum Gasteiger partial charge on any atom is 0.164 e. The minimum atomic E-state index is 0.190. The fourth-order valence-electron chi connectivity index (χ4n) is 6.76. The summed E-state index contributed by atoms with van der Waals surface area (Å²) in [5.41, 5.74) is 9.13. The summed E-state index contributed by atoms with van der Waals surface area (Å²) in [4.78, 5) is 32.8. The van der Waals surface area contributed by atoms with Gasteiger partial charge in [0.15, 0.2) is 17.5 Å². The molecule has 0 unspecified atom stereocenters. The molecule has 5 aromatic carbocycles. The molecule has 8 heteroatoms. The van der Waals surface area contributed by atoms with Crippen molar-refractivity contribution in [3.63, 3.8) is 0 Å². The van der Waals surface area contributed by atoms with E-state index < -0.39 is 0 Å². The van der Waals surface area contributed by atoms with Crippen molar-refractivity contribution in [2.24, 2.45) is 0 Å². The predicted octanol–water partition coefficient (Wildman–Crippen LogP) is 8.85. The highest BCUT2D eigenvalue weighted by atomic mass is 16.3. The van der Waals surface area contributed by atoms with Gasteiger partial charge >= 0.3 is 0 Å². The van der Waals surface area contributed by atoms with Crippen LogP contribution in [0.3, 0.4) is 0 Å². The number of phenols is 1. The SMILES string of the molecule is Oc1ccc(-c2c3nc(nc4[nH]c(nc5nc(nc6[nH]c2c2ccccc62)-c2ccccc2-5)c2ccccc42)-c2ccccc2-3)cc1.